The predicted molar refractivity (Wildman–Crippen MR) is 75.3 cm³/mol. The van der Waals surface area contributed by atoms with Gasteiger partial charge in [-0.25, -0.2) is 0 Å². The Kier molecular flexibility index (Phi) is 10.2. The molecule has 0 saturated heterocycles. The van der Waals surface area contributed by atoms with Crippen molar-refractivity contribution in [2.24, 2.45) is 0 Å². The van der Waals surface area contributed by atoms with Crippen molar-refractivity contribution < 1.29 is 21.9 Å². The first-order valence-electron chi connectivity index (χ1n) is 6.23. The van der Waals surface area contributed by atoms with Gasteiger partial charge >= 0.3 is 0 Å². The molecule has 4 heteroatoms. The van der Waals surface area contributed by atoms with Gasteiger partial charge in [0, 0.05) is 35.9 Å². The molecule has 2 nitrogen and oxygen atoms in total. The van der Waals surface area contributed by atoms with Gasteiger partial charge in [0.2, 0.25) is 0 Å². The summed E-state index contributed by atoms with van der Waals surface area (Å²) in [5, 5.41) is 0.206. The summed E-state index contributed by atoms with van der Waals surface area (Å²) in [6.45, 7) is 5.96. The van der Waals surface area contributed by atoms with E-state index in [4.69, 9.17) is 0 Å². The van der Waals surface area contributed by atoms with Gasteiger partial charge in [-0.3, -0.25) is 4.79 Å². The van der Waals surface area contributed by atoms with Gasteiger partial charge < -0.3 is 4.90 Å². The van der Waals surface area contributed by atoms with Crippen LogP contribution in [-0.2, 0) is 22.8 Å². The molecule has 1 aromatic carbocycles. The van der Waals surface area contributed by atoms with Gasteiger partial charge in [-0.1, -0.05) is 55.9 Å². The summed E-state index contributed by atoms with van der Waals surface area (Å²) in [5.41, 5.74) is 1.21. The number of amides is 1. The molecule has 0 aliphatic heterocycles. The first kappa shape index (κ1) is 17.6. The molecule has 18 heavy (non-hydrogen) atoms. The molecule has 1 aromatic rings. The molecule has 1 amide bonds. The Balaban J connectivity index is 0.00000289. The molecule has 0 heterocycles. The molecule has 0 aliphatic carbocycles. The second kappa shape index (κ2) is 10.5. The Labute approximate surface area is 125 Å². The number of hydrogen-bond donors (Lipinski definition) is 0. The Bertz CT molecular complexity index is 326. The van der Waals surface area contributed by atoms with Crippen molar-refractivity contribution in [2.45, 2.75) is 32.4 Å². The number of carbonyl (C=O) groups is 1. The number of carbonyl (C=O) groups excluding carboxylic acids is 1. The van der Waals surface area contributed by atoms with E-state index in [1.807, 2.05) is 23.1 Å². The van der Waals surface area contributed by atoms with Crippen LogP contribution in [0.25, 0.3) is 0 Å². The van der Waals surface area contributed by atoms with E-state index in [0.29, 0.717) is 0 Å². The maximum Gasteiger partial charge on any atom is 0.281 e. The Morgan fingerprint density at radius 1 is 1.11 bits per heavy atom. The molecule has 0 aliphatic rings. The van der Waals surface area contributed by atoms with Crippen LogP contribution in [0, 0.1) is 0 Å². The molecule has 102 valence electrons. The van der Waals surface area contributed by atoms with Crippen molar-refractivity contribution in [2.75, 3.05) is 13.1 Å². The molecular weight excluding hydrogens is 286 g/mol. The van der Waals surface area contributed by atoms with Crippen molar-refractivity contribution in [1.29, 1.82) is 0 Å². The molecule has 0 saturated carbocycles. The average Bonchev–Trinajstić information content (AvgIpc) is 2.37. The van der Waals surface area contributed by atoms with Crippen molar-refractivity contribution >= 4 is 17.0 Å². The molecule has 0 N–H and O–H groups in total. The summed E-state index contributed by atoms with van der Waals surface area (Å²) in [4.78, 5) is 13.9. The molecule has 0 fully saturated rings. The number of hydrogen-bond acceptors (Lipinski definition) is 2. The zero-order chi connectivity index (χ0) is 12.5. The van der Waals surface area contributed by atoms with Crippen LogP contribution in [0.1, 0.15) is 32.3 Å². The Morgan fingerprint density at radius 3 is 2.17 bits per heavy atom. The van der Waals surface area contributed by atoms with Gasteiger partial charge in [0.25, 0.3) is 5.24 Å². The van der Waals surface area contributed by atoms with E-state index >= 15 is 0 Å². The molecule has 0 unspecified atom stereocenters. The van der Waals surface area contributed by atoms with Crippen LogP contribution in [-0.4, -0.2) is 23.2 Å². The Hall–Kier alpha value is -0.441. The third-order valence-corrected chi connectivity index (χ3v) is 3.43. The van der Waals surface area contributed by atoms with E-state index in [1.165, 1.54) is 17.3 Å². The number of nitrogens with zero attached hydrogens (tertiary/aromatic N) is 1. The molecular formula is C14H21FeNOS. The van der Waals surface area contributed by atoms with Crippen LogP contribution in [0.5, 0.6) is 0 Å². The van der Waals surface area contributed by atoms with Crippen LogP contribution >= 0.6 is 11.8 Å². The van der Waals surface area contributed by atoms with Gasteiger partial charge in [0.05, 0.1) is 0 Å². The zero-order valence-electron chi connectivity index (χ0n) is 11.0. The first-order chi connectivity index (χ1) is 8.27. The second-order valence-electron chi connectivity index (χ2n) is 4.03. The van der Waals surface area contributed by atoms with E-state index in [1.54, 1.807) is 0 Å². The summed E-state index contributed by atoms with van der Waals surface area (Å²) in [6, 6.07) is 10.1. The summed E-state index contributed by atoms with van der Waals surface area (Å²) in [6.07, 6.45) is 2.05. The zero-order valence-corrected chi connectivity index (χ0v) is 13.0. The third-order valence-electron chi connectivity index (χ3n) is 2.45. The summed E-state index contributed by atoms with van der Waals surface area (Å²) < 4.78 is 0. The maximum absolute atomic E-state index is 12.0. The largest absolute Gasteiger partial charge is 0.334 e. The van der Waals surface area contributed by atoms with E-state index in [-0.39, 0.29) is 22.3 Å². The van der Waals surface area contributed by atoms with E-state index in [0.717, 1.165) is 31.7 Å². The second-order valence-corrected chi connectivity index (χ2v) is 4.95. The summed E-state index contributed by atoms with van der Waals surface area (Å²) >= 11 is 1.40. The molecule has 0 spiro atoms. The molecule has 1 rings (SSSR count). The minimum atomic E-state index is 0. The minimum Gasteiger partial charge on any atom is -0.334 e. The van der Waals surface area contributed by atoms with Gasteiger partial charge in [-0.2, -0.15) is 0 Å². The van der Waals surface area contributed by atoms with Crippen LogP contribution in [0.3, 0.4) is 0 Å². The molecule has 0 atom stereocenters. The smallest absolute Gasteiger partial charge is 0.281 e. The van der Waals surface area contributed by atoms with E-state index in [2.05, 4.69) is 26.0 Å². The quantitative estimate of drug-likeness (QED) is 0.736. The van der Waals surface area contributed by atoms with Crippen LogP contribution in [0.2, 0.25) is 0 Å². The standard InChI is InChI=1S/C14H21NOS.Fe/c1-3-10-15(11-4-2)14(16)17-12-13-8-6-5-7-9-13;/h5-9H,3-4,10-12H2,1-2H3;. The first-order valence-corrected chi connectivity index (χ1v) is 7.22. The average molecular weight is 307 g/mol. The van der Waals surface area contributed by atoms with Crippen molar-refractivity contribution in [1.82, 2.24) is 4.90 Å². The fraction of sp³-hybridized carbons (Fsp3) is 0.500. The van der Waals surface area contributed by atoms with Crippen molar-refractivity contribution in [3.63, 3.8) is 0 Å². The van der Waals surface area contributed by atoms with Crippen molar-refractivity contribution in [3.05, 3.63) is 35.9 Å². The van der Waals surface area contributed by atoms with E-state index < -0.39 is 0 Å². The van der Waals surface area contributed by atoms with Gasteiger partial charge in [-0.05, 0) is 18.4 Å². The topological polar surface area (TPSA) is 20.3 Å². The van der Waals surface area contributed by atoms with Gasteiger partial charge in [-0.15, -0.1) is 0 Å². The molecule has 0 aromatic heterocycles. The maximum atomic E-state index is 12.0. The Morgan fingerprint density at radius 2 is 1.67 bits per heavy atom. The number of thioether (sulfide) groups is 1. The van der Waals surface area contributed by atoms with Gasteiger partial charge in [0.1, 0.15) is 0 Å². The monoisotopic (exact) mass is 307 g/mol. The third kappa shape index (κ3) is 6.48. The van der Waals surface area contributed by atoms with E-state index in [9.17, 15) is 4.79 Å². The SMILES string of the molecule is CCCN(CCC)C(=O)SCc1ccccc1.[Fe]. The fourth-order valence-electron chi connectivity index (χ4n) is 1.64. The molecule has 0 radical (unpaired) electrons. The van der Waals surface area contributed by atoms with Gasteiger partial charge in [0.15, 0.2) is 0 Å². The minimum absolute atomic E-state index is 0. The van der Waals surface area contributed by atoms with Crippen molar-refractivity contribution in [3.8, 4) is 0 Å². The number of rotatable bonds is 6. The van der Waals surface area contributed by atoms with Crippen LogP contribution < -0.4 is 0 Å². The molecule has 0 bridgehead atoms. The van der Waals surface area contributed by atoms with Crippen LogP contribution in [0.4, 0.5) is 4.79 Å². The summed E-state index contributed by atoms with van der Waals surface area (Å²) in [7, 11) is 0. The fourth-order valence-corrected chi connectivity index (χ4v) is 2.49. The normalized spacial score (nSPS) is 9.67. The predicted octanol–water partition coefficient (Wildman–Crippen LogP) is 4.16. The number of benzene rings is 1. The summed E-state index contributed by atoms with van der Waals surface area (Å²) in [5.74, 6) is 0.767. The van der Waals surface area contributed by atoms with Crippen LogP contribution in [0.15, 0.2) is 30.3 Å².